The average molecular weight is 334 g/mol. The van der Waals surface area contributed by atoms with Gasteiger partial charge in [-0.3, -0.25) is 9.59 Å². The van der Waals surface area contributed by atoms with Crippen LogP contribution >= 0.6 is 0 Å². The summed E-state index contributed by atoms with van der Waals surface area (Å²) < 4.78 is 10.8. The maximum atomic E-state index is 12.3. The number of para-hydroxylation sites is 2. The molecule has 1 aliphatic heterocycles. The first kappa shape index (κ1) is 18.1. The first-order valence-electron chi connectivity index (χ1n) is 8.47. The predicted molar refractivity (Wildman–Crippen MR) is 91.1 cm³/mol. The minimum atomic E-state index is -0.0617. The van der Waals surface area contributed by atoms with Crippen LogP contribution in [0.25, 0.3) is 0 Å². The third kappa shape index (κ3) is 4.88. The van der Waals surface area contributed by atoms with E-state index in [1.165, 1.54) is 0 Å². The second-order valence-corrected chi connectivity index (χ2v) is 5.89. The van der Waals surface area contributed by atoms with E-state index in [-0.39, 0.29) is 24.3 Å². The number of ether oxygens (including phenoxy) is 2. The molecular weight excluding hydrogens is 308 g/mol. The molecular formula is C18H26N2O4. The van der Waals surface area contributed by atoms with Crippen molar-refractivity contribution in [1.29, 1.82) is 0 Å². The highest BCUT2D eigenvalue weighted by Gasteiger charge is 2.27. The Labute approximate surface area is 143 Å². The van der Waals surface area contributed by atoms with Gasteiger partial charge in [-0.15, -0.1) is 0 Å². The van der Waals surface area contributed by atoms with Crippen molar-refractivity contribution >= 4 is 11.8 Å². The molecule has 0 aromatic heterocycles. The molecule has 1 aromatic carbocycles. The number of likely N-dealkylation sites (tertiary alicyclic amines) is 1. The van der Waals surface area contributed by atoms with Crippen molar-refractivity contribution < 1.29 is 19.1 Å². The molecule has 24 heavy (non-hydrogen) atoms. The summed E-state index contributed by atoms with van der Waals surface area (Å²) >= 11 is 0. The third-order valence-corrected chi connectivity index (χ3v) is 4.19. The Morgan fingerprint density at radius 1 is 1.21 bits per heavy atom. The zero-order valence-corrected chi connectivity index (χ0v) is 14.4. The molecule has 2 amide bonds. The van der Waals surface area contributed by atoms with Gasteiger partial charge in [-0.2, -0.15) is 0 Å². The van der Waals surface area contributed by atoms with Gasteiger partial charge in [0, 0.05) is 25.6 Å². The van der Waals surface area contributed by atoms with Gasteiger partial charge >= 0.3 is 0 Å². The van der Waals surface area contributed by atoms with E-state index in [9.17, 15) is 9.59 Å². The number of rotatable bonds is 7. The van der Waals surface area contributed by atoms with Gasteiger partial charge in [0.1, 0.15) is 0 Å². The number of methoxy groups -OCH3 is 1. The summed E-state index contributed by atoms with van der Waals surface area (Å²) in [6.07, 6.45) is 2.34. The summed E-state index contributed by atoms with van der Waals surface area (Å²) in [5.41, 5.74) is 0. The van der Waals surface area contributed by atoms with Crippen molar-refractivity contribution in [2.24, 2.45) is 5.92 Å². The second-order valence-electron chi connectivity index (χ2n) is 5.89. The number of amides is 2. The highest BCUT2D eigenvalue weighted by Crippen LogP contribution is 2.26. The Morgan fingerprint density at radius 3 is 2.50 bits per heavy atom. The monoisotopic (exact) mass is 334 g/mol. The summed E-state index contributed by atoms with van der Waals surface area (Å²) in [4.78, 5) is 26.0. The van der Waals surface area contributed by atoms with Gasteiger partial charge in [0.25, 0.3) is 5.91 Å². The van der Waals surface area contributed by atoms with Crippen molar-refractivity contribution in [3.8, 4) is 11.5 Å². The molecule has 2 rings (SSSR count). The normalized spacial score (nSPS) is 15.0. The zero-order valence-electron chi connectivity index (χ0n) is 14.4. The largest absolute Gasteiger partial charge is 0.493 e. The molecule has 0 unspecified atom stereocenters. The minimum Gasteiger partial charge on any atom is -0.493 e. The summed E-state index contributed by atoms with van der Waals surface area (Å²) in [6, 6.07) is 7.25. The van der Waals surface area contributed by atoms with Gasteiger partial charge < -0.3 is 19.7 Å². The van der Waals surface area contributed by atoms with Gasteiger partial charge in [0.05, 0.1) is 7.11 Å². The number of carbonyl (C=O) groups excluding carboxylic acids is 2. The van der Waals surface area contributed by atoms with Crippen molar-refractivity contribution in [1.82, 2.24) is 10.2 Å². The minimum absolute atomic E-state index is 0.00994. The van der Waals surface area contributed by atoms with Crippen LogP contribution in [0.5, 0.6) is 11.5 Å². The number of nitrogens with one attached hydrogen (secondary N) is 1. The highest BCUT2D eigenvalue weighted by molar-refractivity contribution is 5.80. The van der Waals surface area contributed by atoms with Crippen LogP contribution in [0.15, 0.2) is 24.3 Å². The van der Waals surface area contributed by atoms with Crippen LogP contribution in [0, 0.1) is 5.92 Å². The molecule has 132 valence electrons. The lowest BCUT2D eigenvalue weighted by Gasteiger charge is -2.31. The van der Waals surface area contributed by atoms with E-state index in [1.807, 2.05) is 19.1 Å². The van der Waals surface area contributed by atoms with Crippen molar-refractivity contribution in [2.75, 3.05) is 33.4 Å². The summed E-state index contributed by atoms with van der Waals surface area (Å²) in [6.45, 7) is 3.91. The molecule has 0 aliphatic carbocycles. The molecule has 0 atom stereocenters. The third-order valence-electron chi connectivity index (χ3n) is 4.19. The quantitative estimate of drug-likeness (QED) is 0.826. The van der Waals surface area contributed by atoms with Gasteiger partial charge in [-0.1, -0.05) is 19.1 Å². The van der Waals surface area contributed by atoms with E-state index in [4.69, 9.17) is 9.47 Å². The molecule has 1 heterocycles. The molecule has 0 bridgehead atoms. The highest BCUT2D eigenvalue weighted by atomic mass is 16.5. The van der Waals surface area contributed by atoms with Crippen LogP contribution in [0.2, 0.25) is 0 Å². The molecule has 1 N–H and O–H groups in total. The van der Waals surface area contributed by atoms with Crippen LogP contribution in [0.1, 0.15) is 26.2 Å². The van der Waals surface area contributed by atoms with Gasteiger partial charge in [-0.25, -0.2) is 0 Å². The van der Waals surface area contributed by atoms with E-state index >= 15 is 0 Å². The molecule has 1 fully saturated rings. The predicted octanol–water partition coefficient (Wildman–Crippen LogP) is 1.84. The van der Waals surface area contributed by atoms with Crippen LogP contribution < -0.4 is 14.8 Å². The smallest absolute Gasteiger partial charge is 0.260 e. The fourth-order valence-corrected chi connectivity index (χ4v) is 2.75. The molecule has 0 saturated carbocycles. The first-order chi connectivity index (χ1) is 11.7. The second kappa shape index (κ2) is 9.15. The van der Waals surface area contributed by atoms with Gasteiger partial charge in [0.2, 0.25) is 5.91 Å². The Bertz CT molecular complexity index is 554. The zero-order chi connectivity index (χ0) is 17.4. The van der Waals surface area contributed by atoms with Gasteiger partial charge in [0.15, 0.2) is 18.1 Å². The van der Waals surface area contributed by atoms with Crippen LogP contribution in [0.3, 0.4) is 0 Å². The molecule has 1 saturated heterocycles. The maximum Gasteiger partial charge on any atom is 0.260 e. The SMILES string of the molecule is CCCNC(=O)C1CCN(C(=O)COc2ccccc2OC)CC1. The number of hydrogen-bond donors (Lipinski definition) is 1. The number of carbonyl (C=O) groups is 2. The van der Waals surface area contributed by atoms with E-state index in [1.54, 1.807) is 24.1 Å². The lowest BCUT2D eigenvalue weighted by atomic mass is 9.96. The van der Waals surface area contributed by atoms with Crippen molar-refractivity contribution in [3.05, 3.63) is 24.3 Å². The van der Waals surface area contributed by atoms with E-state index < -0.39 is 0 Å². The lowest BCUT2D eigenvalue weighted by Crippen LogP contribution is -2.44. The first-order valence-corrected chi connectivity index (χ1v) is 8.47. The van der Waals surface area contributed by atoms with Crippen LogP contribution in [-0.4, -0.2) is 50.1 Å². The number of hydrogen-bond acceptors (Lipinski definition) is 4. The topological polar surface area (TPSA) is 67.9 Å². The van der Waals surface area contributed by atoms with Crippen LogP contribution in [-0.2, 0) is 9.59 Å². The van der Waals surface area contributed by atoms with Gasteiger partial charge in [-0.05, 0) is 31.4 Å². The fourth-order valence-electron chi connectivity index (χ4n) is 2.75. The molecule has 1 aliphatic rings. The Hall–Kier alpha value is -2.24. The molecule has 0 radical (unpaired) electrons. The summed E-state index contributed by atoms with van der Waals surface area (Å²) in [7, 11) is 1.57. The summed E-state index contributed by atoms with van der Waals surface area (Å²) in [5, 5.41) is 2.92. The maximum absolute atomic E-state index is 12.3. The fraction of sp³-hybridized carbons (Fsp3) is 0.556. The standard InChI is InChI=1S/C18H26N2O4/c1-3-10-19-18(22)14-8-11-20(12-9-14)17(21)13-24-16-7-5-4-6-15(16)23-2/h4-7,14H,3,8-13H2,1-2H3,(H,19,22). The lowest BCUT2D eigenvalue weighted by molar-refractivity contribution is -0.137. The van der Waals surface area contributed by atoms with E-state index in [0.29, 0.717) is 44.0 Å². The number of benzene rings is 1. The Morgan fingerprint density at radius 2 is 1.88 bits per heavy atom. The molecule has 0 spiro atoms. The van der Waals surface area contributed by atoms with E-state index in [0.717, 1.165) is 6.42 Å². The van der Waals surface area contributed by atoms with Crippen molar-refractivity contribution in [2.45, 2.75) is 26.2 Å². The number of nitrogens with zero attached hydrogens (tertiary/aromatic N) is 1. The molecule has 6 heteroatoms. The average Bonchev–Trinajstić information content (AvgIpc) is 2.64. The van der Waals surface area contributed by atoms with Crippen molar-refractivity contribution in [3.63, 3.8) is 0 Å². The molecule has 6 nitrogen and oxygen atoms in total. The Kier molecular flexibility index (Phi) is 6.90. The Balaban J connectivity index is 1.77. The van der Waals surface area contributed by atoms with Crippen LogP contribution in [0.4, 0.5) is 0 Å². The summed E-state index contributed by atoms with van der Waals surface area (Å²) in [5.74, 6) is 1.22. The van der Waals surface area contributed by atoms with E-state index in [2.05, 4.69) is 5.32 Å². The number of piperidine rings is 1. The molecule has 1 aromatic rings.